The fourth-order valence-corrected chi connectivity index (χ4v) is 3.99. The number of pyridine rings is 1. The van der Waals surface area contributed by atoms with Gasteiger partial charge in [-0.25, -0.2) is 4.98 Å². The monoisotopic (exact) mass is 503 g/mol. The van der Waals surface area contributed by atoms with Crippen molar-refractivity contribution in [1.29, 1.82) is 5.26 Å². The van der Waals surface area contributed by atoms with E-state index in [9.17, 15) is 23.0 Å². The Balaban J connectivity index is 1.78. The van der Waals surface area contributed by atoms with Crippen LogP contribution in [-0.4, -0.2) is 31.0 Å². The van der Waals surface area contributed by atoms with Crippen molar-refractivity contribution in [3.05, 3.63) is 89.5 Å². The molecule has 36 heavy (non-hydrogen) atoms. The standard InChI is InChI=1S/C25H21N5O5S/c1-35-19-10-7-17(8-11-19)25(31)29-24-21(14-26)23(27-15-16-5-3-2-4-6-16)20-13-18(30-36(32,33)34)9-12-22(20)28-24/h2-13,30H,15H2,1H3,(H,32,33,34)(H2,27,28,29,31). The number of anilines is 3. The molecule has 0 saturated carbocycles. The van der Waals surface area contributed by atoms with Crippen LogP contribution in [0, 0.1) is 11.3 Å². The van der Waals surface area contributed by atoms with Crippen molar-refractivity contribution >= 4 is 44.3 Å². The van der Waals surface area contributed by atoms with Crippen LogP contribution in [0.1, 0.15) is 21.5 Å². The number of hydrogen-bond donors (Lipinski definition) is 4. The van der Waals surface area contributed by atoms with E-state index in [4.69, 9.17) is 4.74 Å². The highest BCUT2D eigenvalue weighted by Gasteiger charge is 2.19. The Labute approximate surface area is 207 Å². The molecule has 0 unspecified atom stereocenters. The maximum atomic E-state index is 12.9. The van der Waals surface area contributed by atoms with Crippen molar-refractivity contribution in [2.24, 2.45) is 0 Å². The van der Waals surface area contributed by atoms with Crippen molar-refractivity contribution < 1.29 is 22.5 Å². The zero-order chi connectivity index (χ0) is 25.7. The first kappa shape index (κ1) is 24.5. The zero-order valence-electron chi connectivity index (χ0n) is 19.0. The summed E-state index contributed by atoms with van der Waals surface area (Å²) in [5.74, 6) is 0.159. The molecule has 4 aromatic rings. The lowest BCUT2D eigenvalue weighted by molar-refractivity contribution is 0.102. The third kappa shape index (κ3) is 5.69. The second-order valence-corrected chi connectivity index (χ2v) is 8.81. The summed E-state index contributed by atoms with van der Waals surface area (Å²) >= 11 is 0. The number of benzene rings is 3. The Morgan fingerprint density at radius 1 is 1.08 bits per heavy atom. The minimum Gasteiger partial charge on any atom is -0.497 e. The number of ether oxygens (including phenoxy) is 1. The smallest absolute Gasteiger partial charge is 0.357 e. The fraction of sp³-hybridized carbons (Fsp3) is 0.0800. The Bertz CT molecular complexity index is 1570. The second kappa shape index (κ2) is 10.3. The highest BCUT2D eigenvalue weighted by atomic mass is 32.2. The molecule has 0 aliphatic rings. The van der Waals surface area contributed by atoms with Crippen LogP contribution in [0.25, 0.3) is 10.9 Å². The highest BCUT2D eigenvalue weighted by Crippen LogP contribution is 2.33. The number of carbonyl (C=O) groups is 1. The Hall–Kier alpha value is -4.66. The third-order valence-electron chi connectivity index (χ3n) is 5.24. The van der Waals surface area contributed by atoms with E-state index in [2.05, 4.69) is 21.7 Å². The Kier molecular flexibility index (Phi) is 7.00. The molecule has 0 atom stereocenters. The predicted octanol–water partition coefficient (Wildman–Crippen LogP) is 4.19. The van der Waals surface area contributed by atoms with E-state index in [1.165, 1.54) is 25.3 Å². The molecule has 0 saturated heterocycles. The van der Waals surface area contributed by atoms with E-state index in [1.807, 2.05) is 35.1 Å². The summed E-state index contributed by atoms with van der Waals surface area (Å²) in [5.41, 5.74) is 2.14. The van der Waals surface area contributed by atoms with Gasteiger partial charge in [0.05, 0.1) is 24.0 Å². The topological polar surface area (TPSA) is 153 Å². The lowest BCUT2D eigenvalue weighted by Crippen LogP contribution is -2.15. The highest BCUT2D eigenvalue weighted by molar-refractivity contribution is 7.87. The number of fused-ring (bicyclic) bond motifs is 1. The molecule has 1 aromatic heterocycles. The predicted molar refractivity (Wildman–Crippen MR) is 136 cm³/mol. The van der Waals surface area contributed by atoms with E-state index in [0.717, 1.165) is 5.56 Å². The van der Waals surface area contributed by atoms with Crippen LogP contribution >= 0.6 is 0 Å². The molecule has 0 fully saturated rings. The van der Waals surface area contributed by atoms with Gasteiger partial charge in [-0.05, 0) is 48.0 Å². The van der Waals surface area contributed by atoms with Gasteiger partial charge >= 0.3 is 10.3 Å². The van der Waals surface area contributed by atoms with E-state index in [0.29, 0.717) is 34.4 Å². The molecule has 3 aromatic carbocycles. The molecule has 182 valence electrons. The van der Waals surface area contributed by atoms with Crippen LogP contribution in [0.5, 0.6) is 5.75 Å². The van der Waals surface area contributed by atoms with Crippen molar-refractivity contribution in [3.8, 4) is 11.8 Å². The van der Waals surface area contributed by atoms with E-state index >= 15 is 0 Å². The quantitative estimate of drug-likeness (QED) is 0.261. The molecule has 10 nitrogen and oxygen atoms in total. The molecule has 4 N–H and O–H groups in total. The van der Waals surface area contributed by atoms with Crippen LogP contribution in [0.4, 0.5) is 17.2 Å². The average molecular weight is 504 g/mol. The molecule has 0 bridgehead atoms. The number of amides is 1. The summed E-state index contributed by atoms with van der Waals surface area (Å²) in [6, 6.07) is 22.4. The van der Waals surface area contributed by atoms with Crippen molar-refractivity contribution in [1.82, 2.24) is 4.98 Å². The normalized spacial score (nSPS) is 10.9. The van der Waals surface area contributed by atoms with Crippen LogP contribution in [-0.2, 0) is 16.8 Å². The van der Waals surface area contributed by atoms with Crippen molar-refractivity contribution in [2.45, 2.75) is 6.54 Å². The van der Waals surface area contributed by atoms with E-state index in [-0.39, 0.29) is 17.1 Å². The lowest BCUT2D eigenvalue weighted by atomic mass is 10.1. The summed E-state index contributed by atoms with van der Waals surface area (Å²) in [6.07, 6.45) is 0. The van der Waals surface area contributed by atoms with Crippen LogP contribution in [0.3, 0.4) is 0 Å². The number of rotatable bonds is 8. The molecule has 0 aliphatic heterocycles. The summed E-state index contributed by atoms with van der Waals surface area (Å²) in [6.45, 7) is 0.344. The SMILES string of the molecule is COc1ccc(C(=O)Nc2nc3ccc(NS(=O)(=O)O)cc3c(NCc3ccccc3)c2C#N)cc1. The maximum absolute atomic E-state index is 12.9. The van der Waals surface area contributed by atoms with Gasteiger partial charge < -0.3 is 15.4 Å². The molecule has 0 radical (unpaired) electrons. The van der Waals surface area contributed by atoms with Crippen molar-refractivity contribution in [2.75, 3.05) is 22.5 Å². The van der Waals surface area contributed by atoms with Crippen LogP contribution < -0.4 is 20.1 Å². The lowest BCUT2D eigenvalue weighted by Gasteiger charge is -2.16. The number of carbonyl (C=O) groups excluding carboxylic acids is 1. The first-order valence-corrected chi connectivity index (χ1v) is 12.1. The van der Waals surface area contributed by atoms with E-state index in [1.54, 1.807) is 24.3 Å². The molecule has 1 heterocycles. The minimum absolute atomic E-state index is 0.0388. The number of hydrogen-bond acceptors (Lipinski definition) is 7. The van der Waals surface area contributed by atoms with Crippen LogP contribution in [0.15, 0.2) is 72.8 Å². The number of nitriles is 1. The third-order valence-corrected chi connectivity index (χ3v) is 5.73. The first-order valence-electron chi connectivity index (χ1n) is 10.6. The average Bonchev–Trinajstić information content (AvgIpc) is 2.87. The summed E-state index contributed by atoms with van der Waals surface area (Å²) < 4.78 is 38.9. The Morgan fingerprint density at radius 2 is 1.81 bits per heavy atom. The molecular formula is C25H21N5O5S. The maximum Gasteiger partial charge on any atom is 0.357 e. The second-order valence-electron chi connectivity index (χ2n) is 7.65. The fourth-order valence-electron chi connectivity index (χ4n) is 3.57. The van der Waals surface area contributed by atoms with Gasteiger partial charge in [0.25, 0.3) is 5.91 Å². The largest absolute Gasteiger partial charge is 0.497 e. The molecule has 0 spiro atoms. The zero-order valence-corrected chi connectivity index (χ0v) is 19.8. The first-order chi connectivity index (χ1) is 17.3. The molecular weight excluding hydrogens is 482 g/mol. The van der Waals surface area contributed by atoms with Gasteiger partial charge in [-0.2, -0.15) is 13.7 Å². The minimum atomic E-state index is -4.51. The van der Waals surface area contributed by atoms with Gasteiger partial charge in [-0.3, -0.25) is 14.1 Å². The number of aromatic nitrogens is 1. The summed E-state index contributed by atoms with van der Waals surface area (Å²) in [4.78, 5) is 17.3. The van der Waals surface area contributed by atoms with Gasteiger partial charge in [-0.1, -0.05) is 30.3 Å². The van der Waals surface area contributed by atoms with E-state index < -0.39 is 16.2 Å². The summed E-state index contributed by atoms with van der Waals surface area (Å²) in [5, 5.41) is 16.3. The van der Waals surface area contributed by atoms with Gasteiger partial charge in [0, 0.05) is 17.5 Å². The molecule has 4 rings (SSSR count). The van der Waals surface area contributed by atoms with Gasteiger partial charge in [0.2, 0.25) is 0 Å². The van der Waals surface area contributed by atoms with Crippen molar-refractivity contribution in [3.63, 3.8) is 0 Å². The number of methoxy groups -OCH3 is 1. The van der Waals surface area contributed by atoms with Crippen LogP contribution in [0.2, 0.25) is 0 Å². The number of nitrogens with one attached hydrogen (secondary N) is 3. The molecule has 0 aliphatic carbocycles. The summed E-state index contributed by atoms with van der Waals surface area (Å²) in [7, 11) is -2.99. The molecule has 11 heteroatoms. The number of nitrogens with zero attached hydrogens (tertiary/aromatic N) is 2. The van der Waals surface area contributed by atoms with Gasteiger partial charge in [0.1, 0.15) is 17.4 Å². The van der Waals surface area contributed by atoms with Gasteiger partial charge in [0.15, 0.2) is 5.82 Å². The van der Waals surface area contributed by atoms with Gasteiger partial charge in [-0.15, -0.1) is 0 Å². The molecule has 1 amide bonds. The Morgan fingerprint density at radius 3 is 2.44 bits per heavy atom.